The number of carbonyl (C=O) groups excluding carboxylic acids is 1. The molecule has 0 amide bonds. The molecule has 3 rings (SSSR count). The van der Waals surface area contributed by atoms with E-state index in [0.717, 1.165) is 31.6 Å². The zero-order valence-corrected chi connectivity index (χ0v) is 10.4. The van der Waals surface area contributed by atoms with Gasteiger partial charge in [0.15, 0.2) is 0 Å². The van der Waals surface area contributed by atoms with Gasteiger partial charge in [0.2, 0.25) is 0 Å². The van der Waals surface area contributed by atoms with Gasteiger partial charge in [-0.15, -0.1) is 0 Å². The molecular weight excluding hydrogens is 218 g/mol. The lowest BCUT2D eigenvalue weighted by Gasteiger charge is -2.43. The molecule has 0 aromatic heterocycles. The van der Waals surface area contributed by atoms with Crippen LogP contribution in [0.25, 0.3) is 0 Å². The first-order valence-corrected chi connectivity index (χ1v) is 6.41. The second-order valence-corrected chi connectivity index (χ2v) is 4.89. The predicted molar refractivity (Wildman–Crippen MR) is 65.6 cm³/mol. The molecule has 0 aromatic carbocycles. The summed E-state index contributed by atoms with van der Waals surface area (Å²) in [5.41, 5.74) is 0.731. The fourth-order valence-electron chi connectivity index (χ4n) is 2.69. The van der Waals surface area contributed by atoms with E-state index in [1.807, 2.05) is 6.92 Å². The minimum absolute atomic E-state index is 0.0293. The summed E-state index contributed by atoms with van der Waals surface area (Å²) >= 11 is 0. The zero-order chi connectivity index (χ0) is 12.3. The van der Waals surface area contributed by atoms with Gasteiger partial charge in [-0.05, 0) is 44.7 Å². The van der Waals surface area contributed by atoms with Crippen molar-refractivity contribution in [1.29, 1.82) is 0 Å². The highest BCUT2D eigenvalue weighted by molar-refractivity contribution is 5.87. The molecule has 0 saturated carbocycles. The average Bonchev–Trinajstić information content (AvgIpc) is 2.41. The van der Waals surface area contributed by atoms with Crippen molar-refractivity contribution in [2.24, 2.45) is 16.9 Å². The van der Waals surface area contributed by atoms with Gasteiger partial charge in [-0.3, -0.25) is 9.69 Å². The van der Waals surface area contributed by atoms with Crippen LogP contribution in [0.1, 0.15) is 32.6 Å². The van der Waals surface area contributed by atoms with Crippen LogP contribution in [-0.4, -0.2) is 42.3 Å². The van der Waals surface area contributed by atoms with E-state index in [1.54, 1.807) is 0 Å². The van der Waals surface area contributed by atoms with Crippen LogP contribution < -0.4 is 5.84 Å². The molecule has 1 atom stereocenters. The molecule has 2 N–H and O–H groups in total. The first-order valence-electron chi connectivity index (χ1n) is 6.41. The normalized spacial score (nSPS) is 32.5. The van der Waals surface area contributed by atoms with Gasteiger partial charge in [-0.1, -0.05) is 6.92 Å². The highest BCUT2D eigenvalue weighted by Gasteiger charge is 2.38. The average molecular weight is 239 g/mol. The Morgan fingerprint density at radius 1 is 1.47 bits per heavy atom. The quantitative estimate of drug-likeness (QED) is 0.340. The lowest BCUT2D eigenvalue weighted by molar-refractivity contribution is -0.152. The fourth-order valence-corrected chi connectivity index (χ4v) is 2.69. The number of piperidine rings is 3. The molecule has 5 heteroatoms. The molecule has 3 aliphatic heterocycles. The van der Waals surface area contributed by atoms with E-state index >= 15 is 0 Å². The van der Waals surface area contributed by atoms with E-state index in [9.17, 15) is 4.79 Å². The van der Waals surface area contributed by atoms with Crippen LogP contribution in [0.15, 0.2) is 5.10 Å². The van der Waals surface area contributed by atoms with E-state index in [1.165, 1.54) is 12.8 Å². The molecule has 0 spiro atoms. The fraction of sp³-hybridized carbons (Fsp3) is 0.833. The lowest BCUT2D eigenvalue weighted by atomic mass is 9.83. The van der Waals surface area contributed by atoms with E-state index in [-0.39, 0.29) is 18.6 Å². The third kappa shape index (κ3) is 2.77. The molecule has 3 heterocycles. The summed E-state index contributed by atoms with van der Waals surface area (Å²) in [6, 6.07) is -0.0293. The standard InChI is InChI=1S/C12H21N3O2/c1-2-10(14-13)8-17-12(16)11-7-9-3-5-15(11)6-4-9/h9,11H,2-8,13H2,1H3. The Labute approximate surface area is 102 Å². The predicted octanol–water partition coefficient (Wildman–Crippen LogP) is 0.739. The topological polar surface area (TPSA) is 67.9 Å². The van der Waals surface area contributed by atoms with Gasteiger partial charge in [0.25, 0.3) is 0 Å². The Morgan fingerprint density at radius 3 is 2.65 bits per heavy atom. The second-order valence-electron chi connectivity index (χ2n) is 4.89. The highest BCUT2D eigenvalue weighted by atomic mass is 16.5. The van der Waals surface area contributed by atoms with Crippen molar-refractivity contribution in [2.45, 2.75) is 38.6 Å². The summed E-state index contributed by atoms with van der Waals surface area (Å²) in [7, 11) is 0. The van der Waals surface area contributed by atoms with Crippen molar-refractivity contribution in [3.8, 4) is 0 Å². The third-order valence-corrected chi connectivity index (χ3v) is 3.89. The Hall–Kier alpha value is -1.10. The largest absolute Gasteiger partial charge is 0.458 e. The summed E-state index contributed by atoms with van der Waals surface area (Å²) in [6.45, 7) is 4.26. The Kier molecular flexibility index (Phi) is 3.99. The van der Waals surface area contributed by atoms with Gasteiger partial charge in [0.05, 0.1) is 5.71 Å². The molecule has 17 heavy (non-hydrogen) atoms. The number of hydrogen-bond donors (Lipinski definition) is 1. The van der Waals surface area contributed by atoms with Crippen LogP contribution in [0, 0.1) is 5.92 Å². The molecule has 3 saturated heterocycles. The van der Waals surface area contributed by atoms with Gasteiger partial charge < -0.3 is 10.6 Å². The van der Waals surface area contributed by atoms with E-state index in [2.05, 4.69) is 10.0 Å². The molecule has 1 unspecified atom stereocenters. The number of nitrogens with two attached hydrogens (primary N) is 1. The summed E-state index contributed by atoms with van der Waals surface area (Å²) in [4.78, 5) is 14.2. The number of fused-ring (bicyclic) bond motifs is 3. The molecule has 0 radical (unpaired) electrons. The van der Waals surface area contributed by atoms with Gasteiger partial charge in [-0.25, -0.2) is 0 Å². The summed E-state index contributed by atoms with van der Waals surface area (Å²) in [5.74, 6) is 5.80. The Morgan fingerprint density at radius 2 is 2.18 bits per heavy atom. The first kappa shape index (κ1) is 12.4. The summed E-state index contributed by atoms with van der Waals surface area (Å²) in [5, 5.41) is 3.60. The van der Waals surface area contributed by atoms with Crippen molar-refractivity contribution in [2.75, 3.05) is 19.7 Å². The van der Waals surface area contributed by atoms with Gasteiger partial charge >= 0.3 is 5.97 Å². The van der Waals surface area contributed by atoms with Crippen LogP contribution in [0.5, 0.6) is 0 Å². The van der Waals surface area contributed by atoms with Crippen molar-refractivity contribution in [3.05, 3.63) is 0 Å². The first-order chi connectivity index (χ1) is 8.24. The maximum atomic E-state index is 12.0. The number of rotatable bonds is 4. The number of nitrogens with zero attached hydrogens (tertiary/aromatic N) is 2. The minimum atomic E-state index is -0.107. The number of hydrogen-bond acceptors (Lipinski definition) is 5. The molecule has 0 aliphatic carbocycles. The Balaban J connectivity index is 1.84. The lowest BCUT2D eigenvalue weighted by Crippen LogP contribution is -2.52. The third-order valence-electron chi connectivity index (χ3n) is 3.89. The van der Waals surface area contributed by atoms with Gasteiger partial charge in [0.1, 0.15) is 12.6 Å². The number of esters is 1. The molecule has 0 aromatic rings. The molecule has 3 aliphatic rings. The minimum Gasteiger partial charge on any atom is -0.458 e. The molecule has 2 bridgehead atoms. The maximum absolute atomic E-state index is 12.0. The van der Waals surface area contributed by atoms with Crippen LogP contribution in [0.2, 0.25) is 0 Å². The maximum Gasteiger partial charge on any atom is 0.323 e. The van der Waals surface area contributed by atoms with Gasteiger partial charge in [0, 0.05) is 0 Å². The number of carbonyl (C=O) groups is 1. The van der Waals surface area contributed by atoms with Gasteiger partial charge in [-0.2, -0.15) is 5.10 Å². The van der Waals surface area contributed by atoms with E-state index in [0.29, 0.717) is 5.92 Å². The summed E-state index contributed by atoms with van der Waals surface area (Å²) in [6.07, 6.45) is 4.14. The zero-order valence-electron chi connectivity index (χ0n) is 10.4. The monoisotopic (exact) mass is 239 g/mol. The van der Waals surface area contributed by atoms with Crippen LogP contribution >= 0.6 is 0 Å². The SMILES string of the molecule is CCC(COC(=O)C1CC2CCN1CC2)=NN. The number of ether oxygens (including phenoxy) is 1. The smallest absolute Gasteiger partial charge is 0.323 e. The van der Waals surface area contributed by atoms with Crippen molar-refractivity contribution >= 4 is 11.7 Å². The van der Waals surface area contributed by atoms with Crippen LogP contribution in [0.4, 0.5) is 0 Å². The van der Waals surface area contributed by atoms with Crippen molar-refractivity contribution in [1.82, 2.24) is 4.90 Å². The summed E-state index contributed by atoms with van der Waals surface area (Å²) < 4.78 is 5.29. The van der Waals surface area contributed by atoms with E-state index in [4.69, 9.17) is 10.6 Å². The number of hydrazone groups is 1. The van der Waals surface area contributed by atoms with Crippen LogP contribution in [-0.2, 0) is 9.53 Å². The van der Waals surface area contributed by atoms with Crippen molar-refractivity contribution in [3.63, 3.8) is 0 Å². The van der Waals surface area contributed by atoms with Crippen molar-refractivity contribution < 1.29 is 9.53 Å². The second kappa shape index (κ2) is 5.49. The van der Waals surface area contributed by atoms with E-state index < -0.39 is 0 Å². The molecule has 3 fully saturated rings. The van der Waals surface area contributed by atoms with Crippen LogP contribution in [0.3, 0.4) is 0 Å². The molecule has 96 valence electrons. The molecule has 5 nitrogen and oxygen atoms in total. The Bertz CT molecular complexity index is 309. The highest BCUT2D eigenvalue weighted by Crippen LogP contribution is 2.32. The molecular formula is C12H21N3O2.